The number of aryl methyl sites for hydroxylation is 1. The lowest BCUT2D eigenvalue weighted by molar-refractivity contribution is -0.144. The monoisotopic (exact) mass is 289 g/mol. The van der Waals surface area contributed by atoms with E-state index in [9.17, 15) is 17.6 Å². The summed E-state index contributed by atoms with van der Waals surface area (Å²) in [5.74, 6) is -1.34. The lowest BCUT2D eigenvalue weighted by Gasteiger charge is -2.14. The molecule has 0 aliphatic rings. The average Bonchev–Trinajstić information content (AvgIpc) is 2.31. The van der Waals surface area contributed by atoms with Gasteiger partial charge in [0.2, 0.25) is 10.0 Å². The molecule has 1 atom stereocenters. The second kappa shape index (κ2) is 6.12. The first-order valence-corrected chi connectivity index (χ1v) is 7.21. The van der Waals surface area contributed by atoms with Crippen LogP contribution in [0.3, 0.4) is 0 Å². The second-order valence-electron chi connectivity index (χ2n) is 4.00. The highest BCUT2D eigenvalue weighted by Crippen LogP contribution is 2.16. The molecule has 0 saturated carbocycles. The summed E-state index contributed by atoms with van der Waals surface area (Å²) in [5, 5.41) is 0. The number of esters is 1. The fourth-order valence-electron chi connectivity index (χ4n) is 1.48. The van der Waals surface area contributed by atoms with E-state index in [2.05, 4.69) is 4.72 Å². The van der Waals surface area contributed by atoms with Crippen molar-refractivity contribution in [1.29, 1.82) is 0 Å². The summed E-state index contributed by atoms with van der Waals surface area (Å²) in [4.78, 5) is 11.2. The SMILES string of the molecule is CCOC(=O)C(C)NS(=O)(=O)c1cc(F)ccc1C. The third-order valence-corrected chi connectivity index (χ3v) is 4.09. The maximum atomic E-state index is 13.1. The van der Waals surface area contributed by atoms with E-state index in [0.717, 1.165) is 6.07 Å². The molecule has 1 unspecified atom stereocenters. The smallest absolute Gasteiger partial charge is 0.323 e. The fourth-order valence-corrected chi connectivity index (χ4v) is 2.92. The molecule has 0 fully saturated rings. The molecule has 0 aromatic heterocycles. The molecule has 0 bridgehead atoms. The van der Waals surface area contributed by atoms with Crippen LogP contribution in [-0.4, -0.2) is 27.0 Å². The number of halogens is 1. The zero-order valence-electron chi connectivity index (χ0n) is 10.9. The predicted octanol–water partition coefficient (Wildman–Crippen LogP) is 1.36. The van der Waals surface area contributed by atoms with Crippen molar-refractivity contribution in [2.75, 3.05) is 6.61 Å². The number of rotatable bonds is 5. The molecule has 5 nitrogen and oxygen atoms in total. The Hall–Kier alpha value is -1.47. The molecular weight excluding hydrogens is 273 g/mol. The average molecular weight is 289 g/mol. The van der Waals surface area contributed by atoms with Gasteiger partial charge < -0.3 is 4.74 Å². The van der Waals surface area contributed by atoms with Gasteiger partial charge >= 0.3 is 5.97 Å². The molecule has 0 amide bonds. The first kappa shape index (κ1) is 15.6. The summed E-state index contributed by atoms with van der Waals surface area (Å²) < 4.78 is 44.0. The lowest BCUT2D eigenvalue weighted by Crippen LogP contribution is -2.39. The fraction of sp³-hybridized carbons (Fsp3) is 0.417. The van der Waals surface area contributed by atoms with Crippen LogP contribution in [0.25, 0.3) is 0 Å². The normalized spacial score (nSPS) is 13.1. The van der Waals surface area contributed by atoms with E-state index in [1.54, 1.807) is 13.8 Å². The van der Waals surface area contributed by atoms with Gasteiger partial charge in [0.15, 0.2) is 0 Å². The summed E-state index contributed by atoms with van der Waals surface area (Å²) >= 11 is 0. The molecule has 0 saturated heterocycles. The molecule has 1 aromatic carbocycles. The van der Waals surface area contributed by atoms with Gasteiger partial charge in [-0.05, 0) is 38.5 Å². The van der Waals surface area contributed by atoms with Gasteiger partial charge in [0.25, 0.3) is 0 Å². The highest BCUT2D eigenvalue weighted by atomic mass is 32.2. The topological polar surface area (TPSA) is 72.5 Å². The minimum atomic E-state index is -3.97. The molecule has 0 aliphatic carbocycles. The quantitative estimate of drug-likeness (QED) is 0.831. The Kier molecular flexibility index (Phi) is 5.02. The molecule has 1 aromatic rings. The number of nitrogens with one attached hydrogen (secondary N) is 1. The maximum absolute atomic E-state index is 13.1. The van der Waals surface area contributed by atoms with Gasteiger partial charge in [-0.1, -0.05) is 6.07 Å². The lowest BCUT2D eigenvalue weighted by atomic mass is 10.2. The molecule has 1 rings (SSSR count). The number of hydrogen-bond donors (Lipinski definition) is 1. The van der Waals surface area contributed by atoms with Crippen molar-refractivity contribution < 1.29 is 22.3 Å². The summed E-state index contributed by atoms with van der Waals surface area (Å²) in [7, 11) is -3.97. The summed E-state index contributed by atoms with van der Waals surface area (Å²) in [6.45, 7) is 4.69. The summed E-state index contributed by atoms with van der Waals surface area (Å²) in [6.07, 6.45) is 0. The van der Waals surface area contributed by atoms with Crippen LogP contribution in [0.4, 0.5) is 4.39 Å². The van der Waals surface area contributed by atoms with Gasteiger partial charge in [-0.3, -0.25) is 4.79 Å². The third kappa shape index (κ3) is 4.00. The molecule has 0 heterocycles. The Labute approximate surface area is 111 Å². The largest absolute Gasteiger partial charge is 0.465 e. The van der Waals surface area contributed by atoms with Gasteiger partial charge in [0, 0.05) is 0 Å². The van der Waals surface area contributed by atoms with Crippen molar-refractivity contribution in [3.63, 3.8) is 0 Å². The number of benzene rings is 1. The standard InChI is InChI=1S/C12H16FNO4S/c1-4-18-12(15)9(3)14-19(16,17)11-7-10(13)6-5-8(11)2/h5-7,9,14H,4H2,1-3H3. The number of hydrogen-bond acceptors (Lipinski definition) is 4. The van der Waals surface area contributed by atoms with E-state index in [1.807, 2.05) is 0 Å². The van der Waals surface area contributed by atoms with Gasteiger partial charge in [-0.15, -0.1) is 0 Å². The number of sulfonamides is 1. The van der Waals surface area contributed by atoms with Crippen LogP contribution in [-0.2, 0) is 19.6 Å². The molecule has 7 heteroatoms. The highest BCUT2D eigenvalue weighted by Gasteiger charge is 2.24. The van der Waals surface area contributed by atoms with Crippen LogP contribution < -0.4 is 4.72 Å². The Morgan fingerprint density at radius 3 is 2.68 bits per heavy atom. The summed E-state index contributed by atoms with van der Waals surface area (Å²) in [6, 6.07) is 2.41. The zero-order valence-corrected chi connectivity index (χ0v) is 11.8. The maximum Gasteiger partial charge on any atom is 0.323 e. The molecule has 0 radical (unpaired) electrons. The van der Waals surface area contributed by atoms with E-state index in [1.165, 1.54) is 19.1 Å². The Bertz CT molecular complexity index is 571. The van der Waals surface area contributed by atoms with E-state index in [0.29, 0.717) is 5.56 Å². The molecule has 19 heavy (non-hydrogen) atoms. The number of carbonyl (C=O) groups excluding carboxylic acids is 1. The van der Waals surface area contributed by atoms with E-state index < -0.39 is 27.9 Å². The minimum absolute atomic E-state index is 0.157. The minimum Gasteiger partial charge on any atom is -0.465 e. The van der Waals surface area contributed by atoms with E-state index >= 15 is 0 Å². The van der Waals surface area contributed by atoms with Crippen molar-refractivity contribution in [2.24, 2.45) is 0 Å². The van der Waals surface area contributed by atoms with Crippen LogP contribution in [0.15, 0.2) is 23.1 Å². The third-order valence-electron chi connectivity index (χ3n) is 2.41. The number of carbonyl (C=O) groups is 1. The van der Waals surface area contributed by atoms with Gasteiger partial charge in [0.05, 0.1) is 11.5 Å². The highest BCUT2D eigenvalue weighted by molar-refractivity contribution is 7.89. The van der Waals surface area contributed by atoms with E-state index in [4.69, 9.17) is 4.74 Å². The molecular formula is C12H16FNO4S. The van der Waals surface area contributed by atoms with Crippen LogP contribution in [0.1, 0.15) is 19.4 Å². The summed E-state index contributed by atoms with van der Waals surface area (Å²) in [5.41, 5.74) is 0.393. The van der Waals surface area contributed by atoms with Crippen LogP contribution >= 0.6 is 0 Å². The Morgan fingerprint density at radius 2 is 2.11 bits per heavy atom. The zero-order chi connectivity index (χ0) is 14.6. The Morgan fingerprint density at radius 1 is 1.47 bits per heavy atom. The van der Waals surface area contributed by atoms with Crippen LogP contribution in [0.5, 0.6) is 0 Å². The van der Waals surface area contributed by atoms with Crippen LogP contribution in [0.2, 0.25) is 0 Å². The molecule has 0 aliphatic heterocycles. The van der Waals surface area contributed by atoms with Crippen molar-refractivity contribution >= 4 is 16.0 Å². The van der Waals surface area contributed by atoms with Crippen molar-refractivity contribution in [3.8, 4) is 0 Å². The predicted molar refractivity (Wildman–Crippen MR) is 67.6 cm³/mol. The second-order valence-corrected chi connectivity index (χ2v) is 5.69. The van der Waals surface area contributed by atoms with Crippen LogP contribution in [0, 0.1) is 12.7 Å². The Balaban J connectivity index is 2.99. The molecule has 106 valence electrons. The molecule has 1 N–H and O–H groups in total. The van der Waals surface area contributed by atoms with Gasteiger partial charge in [-0.25, -0.2) is 12.8 Å². The number of ether oxygens (including phenoxy) is 1. The first-order valence-electron chi connectivity index (χ1n) is 5.73. The van der Waals surface area contributed by atoms with Crippen molar-refractivity contribution in [1.82, 2.24) is 4.72 Å². The van der Waals surface area contributed by atoms with Gasteiger partial charge in [-0.2, -0.15) is 4.72 Å². The van der Waals surface area contributed by atoms with E-state index in [-0.39, 0.29) is 11.5 Å². The van der Waals surface area contributed by atoms with Gasteiger partial charge in [0.1, 0.15) is 11.9 Å². The van der Waals surface area contributed by atoms with Crippen molar-refractivity contribution in [2.45, 2.75) is 31.7 Å². The molecule has 0 spiro atoms. The first-order chi connectivity index (χ1) is 8.77. The van der Waals surface area contributed by atoms with Crippen molar-refractivity contribution in [3.05, 3.63) is 29.6 Å².